The van der Waals surface area contributed by atoms with Crippen molar-refractivity contribution < 1.29 is 23.1 Å². The quantitative estimate of drug-likeness (QED) is 0.723. The van der Waals surface area contributed by atoms with E-state index in [4.69, 9.17) is 13.9 Å². The highest BCUT2D eigenvalue weighted by atomic mass is 19.1. The Morgan fingerprint density at radius 2 is 1.65 bits per heavy atom. The van der Waals surface area contributed by atoms with Gasteiger partial charge in [0, 0.05) is 17.3 Å². The van der Waals surface area contributed by atoms with Crippen LogP contribution in [0.15, 0.2) is 52.9 Å². The lowest BCUT2D eigenvalue weighted by Crippen LogP contribution is -2.12. The van der Waals surface area contributed by atoms with Crippen molar-refractivity contribution in [3.8, 4) is 22.8 Å². The molecule has 1 amide bonds. The number of halogens is 1. The molecular formula is C20H18FNO4. The second-order valence-electron chi connectivity index (χ2n) is 5.65. The first-order valence-corrected chi connectivity index (χ1v) is 7.91. The number of ether oxygens (including phenoxy) is 2. The Morgan fingerprint density at radius 3 is 2.31 bits per heavy atom. The van der Waals surface area contributed by atoms with E-state index in [9.17, 15) is 9.18 Å². The fraction of sp³-hybridized carbons (Fsp3) is 0.150. The van der Waals surface area contributed by atoms with Crippen LogP contribution >= 0.6 is 0 Å². The monoisotopic (exact) mass is 355 g/mol. The van der Waals surface area contributed by atoms with Crippen LogP contribution < -0.4 is 14.8 Å². The first-order chi connectivity index (χ1) is 12.5. The van der Waals surface area contributed by atoms with Crippen LogP contribution in [0.2, 0.25) is 0 Å². The van der Waals surface area contributed by atoms with Crippen molar-refractivity contribution in [2.24, 2.45) is 0 Å². The number of furan rings is 1. The van der Waals surface area contributed by atoms with Gasteiger partial charge >= 0.3 is 0 Å². The van der Waals surface area contributed by atoms with Crippen molar-refractivity contribution in [3.63, 3.8) is 0 Å². The molecule has 0 bridgehead atoms. The van der Waals surface area contributed by atoms with E-state index in [0.29, 0.717) is 28.5 Å². The predicted octanol–water partition coefficient (Wildman–Crippen LogP) is 4.66. The number of amides is 1. The number of carbonyl (C=O) groups is 1. The van der Waals surface area contributed by atoms with Crippen molar-refractivity contribution >= 4 is 11.6 Å². The molecule has 0 unspecified atom stereocenters. The summed E-state index contributed by atoms with van der Waals surface area (Å²) in [6.45, 7) is 1.85. The topological polar surface area (TPSA) is 60.7 Å². The maximum absolute atomic E-state index is 13.0. The molecule has 0 fully saturated rings. The van der Waals surface area contributed by atoms with Crippen LogP contribution in [0.3, 0.4) is 0 Å². The minimum atomic E-state index is -0.395. The molecule has 0 aliphatic rings. The van der Waals surface area contributed by atoms with Gasteiger partial charge in [-0.3, -0.25) is 4.79 Å². The molecule has 5 nitrogen and oxygen atoms in total. The number of benzene rings is 2. The molecule has 0 spiro atoms. The van der Waals surface area contributed by atoms with Crippen LogP contribution in [0.4, 0.5) is 10.1 Å². The summed E-state index contributed by atoms with van der Waals surface area (Å²) >= 11 is 0. The standard InChI is InChI=1S/C20H18FNO4/c1-12-10-18(24-2)19(25-3)11-15(12)22-20(23)17-9-8-16(26-17)13-4-6-14(21)7-5-13/h4-11H,1-3H3,(H,22,23). The summed E-state index contributed by atoms with van der Waals surface area (Å²) in [6, 6.07) is 12.6. The van der Waals surface area contributed by atoms with E-state index in [1.165, 1.54) is 19.2 Å². The van der Waals surface area contributed by atoms with E-state index in [1.807, 2.05) is 6.92 Å². The molecule has 3 aromatic rings. The van der Waals surface area contributed by atoms with E-state index in [1.54, 1.807) is 43.5 Å². The zero-order valence-corrected chi connectivity index (χ0v) is 14.6. The van der Waals surface area contributed by atoms with Crippen LogP contribution in [0.25, 0.3) is 11.3 Å². The fourth-order valence-electron chi connectivity index (χ4n) is 2.53. The van der Waals surface area contributed by atoms with Gasteiger partial charge < -0.3 is 19.2 Å². The van der Waals surface area contributed by atoms with E-state index < -0.39 is 5.91 Å². The molecule has 1 N–H and O–H groups in total. The van der Waals surface area contributed by atoms with E-state index in [-0.39, 0.29) is 11.6 Å². The van der Waals surface area contributed by atoms with Crippen LogP contribution in [0.1, 0.15) is 16.1 Å². The SMILES string of the molecule is COc1cc(C)c(NC(=O)c2ccc(-c3ccc(F)cc3)o2)cc1OC. The number of nitrogens with one attached hydrogen (secondary N) is 1. The van der Waals surface area contributed by atoms with Crippen molar-refractivity contribution in [2.45, 2.75) is 6.92 Å². The molecule has 0 atom stereocenters. The summed E-state index contributed by atoms with van der Waals surface area (Å²) in [5.41, 5.74) is 2.10. The molecule has 3 rings (SSSR count). The van der Waals surface area contributed by atoms with Crippen molar-refractivity contribution in [1.82, 2.24) is 0 Å². The van der Waals surface area contributed by atoms with Crippen molar-refractivity contribution in [1.29, 1.82) is 0 Å². The van der Waals surface area contributed by atoms with Gasteiger partial charge in [0.2, 0.25) is 0 Å². The minimum Gasteiger partial charge on any atom is -0.493 e. The van der Waals surface area contributed by atoms with E-state index >= 15 is 0 Å². The van der Waals surface area contributed by atoms with Gasteiger partial charge in [-0.2, -0.15) is 0 Å². The third-order valence-corrected chi connectivity index (χ3v) is 3.94. The Labute approximate surface area is 150 Å². The number of carbonyl (C=O) groups excluding carboxylic acids is 1. The molecule has 0 aliphatic carbocycles. The number of anilines is 1. The Balaban J connectivity index is 1.82. The summed E-state index contributed by atoms with van der Waals surface area (Å²) in [4.78, 5) is 12.5. The number of aryl methyl sites for hydroxylation is 1. The second kappa shape index (κ2) is 7.31. The van der Waals surface area contributed by atoms with E-state index in [0.717, 1.165) is 5.56 Å². The average Bonchev–Trinajstić information content (AvgIpc) is 3.13. The first kappa shape index (κ1) is 17.5. The van der Waals surface area contributed by atoms with Crippen molar-refractivity contribution in [3.05, 3.63) is 65.7 Å². The molecular weight excluding hydrogens is 337 g/mol. The molecule has 2 aromatic carbocycles. The highest BCUT2D eigenvalue weighted by molar-refractivity contribution is 6.03. The summed E-state index contributed by atoms with van der Waals surface area (Å²) in [6.07, 6.45) is 0. The molecule has 6 heteroatoms. The number of methoxy groups -OCH3 is 2. The van der Waals surface area contributed by atoms with Crippen molar-refractivity contribution in [2.75, 3.05) is 19.5 Å². The Morgan fingerprint density at radius 1 is 1.00 bits per heavy atom. The highest BCUT2D eigenvalue weighted by Gasteiger charge is 2.15. The minimum absolute atomic E-state index is 0.151. The molecule has 1 aromatic heterocycles. The van der Waals surface area contributed by atoms with Gasteiger partial charge in [0.15, 0.2) is 17.3 Å². The normalized spacial score (nSPS) is 10.5. The maximum Gasteiger partial charge on any atom is 0.291 e. The maximum atomic E-state index is 13.0. The first-order valence-electron chi connectivity index (χ1n) is 7.91. The third-order valence-electron chi connectivity index (χ3n) is 3.94. The molecule has 0 saturated heterocycles. The van der Waals surface area contributed by atoms with Crippen LogP contribution in [-0.2, 0) is 0 Å². The largest absolute Gasteiger partial charge is 0.493 e. The molecule has 134 valence electrons. The highest BCUT2D eigenvalue weighted by Crippen LogP contribution is 2.33. The number of hydrogen-bond acceptors (Lipinski definition) is 4. The lowest BCUT2D eigenvalue weighted by molar-refractivity contribution is 0.0997. The smallest absolute Gasteiger partial charge is 0.291 e. The lowest BCUT2D eigenvalue weighted by atomic mass is 10.1. The molecule has 26 heavy (non-hydrogen) atoms. The zero-order valence-electron chi connectivity index (χ0n) is 14.6. The zero-order chi connectivity index (χ0) is 18.7. The number of rotatable bonds is 5. The second-order valence-corrected chi connectivity index (χ2v) is 5.65. The van der Waals surface area contributed by atoms with Gasteiger partial charge in [-0.25, -0.2) is 4.39 Å². The Bertz CT molecular complexity index is 931. The predicted molar refractivity (Wildman–Crippen MR) is 96.3 cm³/mol. The fourth-order valence-corrected chi connectivity index (χ4v) is 2.53. The summed E-state index contributed by atoms with van der Waals surface area (Å²) in [5.74, 6) is 1.01. The average molecular weight is 355 g/mol. The van der Waals surface area contributed by atoms with Crippen LogP contribution in [-0.4, -0.2) is 20.1 Å². The van der Waals surface area contributed by atoms with E-state index in [2.05, 4.69) is 5.32 Å². The lowest BCUT2D eigenvalue weighted by Gasteiger charge is -2.13. The van der Waals surface area contributed by atoms with Crippen LogP contribution in [0, 0.1) is 12.7 Å². The molecule has 0 aliphatic heterocycles. The molecule has 0 saturated carbocycles. The summed E-state index contributed by atoms with van der Waals surface area (Å²) < 4.78 is 29.1. The summed E-state index contributed by atoms with van der Waals surface area (Å²) in [5, 5.41) is 2.80. The van der Waals surface area contributed by atoms with Gasteiger partial charge in [0.1, 0.15) is 11.6 Å². The Kier molecular flexibility index (Phi) is 4.93. The van der Waals surface area contributed by atoms with Gasteiger partial charge in [0.05, 0.1) is 14.2 Å². The van der Waals surface area contributed by atoms with Gasteiger partial charge in [0.25, 0.3) is 5.91 Å². The summed E-state index contributed by atoms with van der Waals surface area (Å²) in [7, 11) is 3.08. The Hall–Kier alpha value is -3.28. The van der Waals surface area contributed by atoms with Gasteiger partial charge in [-0.15, -0.1) is 0 Å². The molecule has 0 radical (unpaired) electrons. The van der Waals surface area contributed by atoms with Gasteiger partial charge in [-0.1, -0.05) is 0 Å². The van der Waals surface area contributed by atoms with Gasteiger partial charge in [-0.05, 0) is 55.0 Å². The molecule has 1 heterocycles. The third kappa shape index (κ3) is 3.54. The number of hydrogen-bond donors (Lipinski definition) is 1. The van der Waals surface area contributed by atoms with Crippen LogP contribution in [0.5, 0.6) is 11.5 Å².